The fourth-order valence-corrected chi connectivity index (χ4v) is 3.39. The highest BCUT2D eigenvalue weighted by molar-refractivity contribution is 6.32. The van der Waals surface area contributed by atoms with E-state index in [1.807, 2.05) is 0 Å². The molecule has 0 spiro atoms. The number of aliphatic hydroxyl groups is 1. The zero-order chi connectivity index (χ0) is 22.3. The number of aromatic nitrogens is 4. The molecular formula is C20H15ClF2N6O2. The lowest BCUT2D eigenvalue weighted by Gasteiger charge is -2.14. The van der Waals surface area contributed by atoms with Gasteiger partial charge in [0.15, 0.2) is 23.6 Å². The molecule has 2 heterocycles. The normalized spacial score (nSPS) is 12.2. The van der Waals surface area contributed by atoms with Gasteiger partial charge in [0.2, 0.25) is 0 Å². The second kappa shape index (κ2) is 7.89. The minimum atomic E-state index is -1.91. The first-order chi connectivity index (χ1) is 14.8. The molecule has 0 aliphatic carbocycles. The number of nitrogens with zero attached hydrogens (tertiary/aromatic N) is 4. The van der Waals surface area contributed by atoms with Gasteiger partial charge >= 0.3 is 0 Å². The van der Waals surface area contributed by atoms with Gasteiger partial charge < -0.3 is 16.2 Å². The molecule has 158 valence electrons. The van der Waals surface area contributed by atoms with E-state index in [-0.39, 0.29) is 16.5 Å². The fraction of sp³-hybridized carbons (Fsp3) is 0.100. The third-order valence-corrected chi connectivity index (χ3v) is 4.93. The molecule has 4 N–H and O–H groups in total. The van der Waals surface area contributed by atoms with Crippen molar-refractivity contribution < 1.29 is 18.7 Å². The zero-order valence-corrected chi connectivity index (χ0v) is 16.7. The number of fused-ring (bicyclic) bond motifs is 1. The van der Waals surface area contributed by atoms with Crippen LogP contribution >= 0.6 is 11.6 Å². The molecule has 4 aromatic rings. The molecule has 0 saturated carbocycles. The summed E-state index contributed by atoms with van der Waals surface area (Å²) in [5.74, 6) is -3.19. The molecule has 2 aromatic carbocycles. The van der Waals surface area contributed by atoms with Crippen LogP contribution in [0.4, 0.5) is 20.3 Å². The number of hydrogen-bond acceptors (Lipinski definition) is 6. The van der Waals surface area contributed by atoms with Crippen molar-refractivity contribution in [2.24, 2.45) is 0 Å². The maximum atomic E-state index is 13.9. The van der Waals surface area contributed by atoms with Crippen molar-refractivity contribution in [1.29, 1.82) is 0 Å². The van der Waals surface area contributed by atoms with E-state index in [0.29, 0.717) is 22.4 Å². The Hall–Kier alpha value is -3.63. The number of aryl methyl sites for hydroxylation is 1. The Balaban J connectivity index is 1.63. The van der Waals surface area contributed by atoms with Crippen molar-refractivity contribution in [3.63, 3.8) is 0 Å². The first-order valence-electron chi connectivity index (χ1n) is 8.96. The number of rotatable bonds is 4. The molecule has 31 heavy (non-hydrogen) atoms. The van der Waals surface area contributed by atoms with Crippen molar-refractivity contribution in [3.05, 3.63) is 70.6 Å². The average molecular weight is 445 g/mol. The Bertz CT molecular complexity index is 1330. The third-order valence-electron chi connectivity index (χ3n) is 4.62. The predicted octanol–water partition coefficient (Wildman–Crippen LogP) is 3.31. The molecule has 0 aliphatic heterocycles. The van der Waals surface area contributed by atoms with E-state index in [2.05, 4.69) is 20.4 Å². The topological polar surface area (TPSA) is 119 Å². The van der Waals surface area contributed by atoms with Gasteiger partial charge in [0.05, 0.1) is 16.4 Å². The van der Waals surface area contributed by atoms with Crippen molar-refractivity contribution in [3.8, 4) is 5.69 Å². The molecule has 0 aliphatic rings. The molecule has 1 unspecified atom stereocenters. The monoisotopic (exact) mass is 444 g/mol. The van der Waals surface area contributed by atoms with Crippen LogP contribution in [0.15, 0.2) is 42.7 Å². The van der Waals surface area contributed by atoms with Crippen LogP contribution in [0.1, 0.15) is 17.4 Å². The largest absolute Gasteiger partial charge is 0.382 e. The quantitative estimate of drug-likeness (QED) is 0.444. The Morgan fingerprint density at radius 2 is 2.03 bits per heavy atom. The minimum Gasteiger partial charge on any atom is -0.382 e. The van der Waals surface area contributed by atoms with Crippen LogP contribution in [0.25, 0.3) is 16.7 Å². The Labute approximate surface area is 179 Å². The highest BCUT2D eigenvalue weighted by atomic mass is 35.5. The van der Waals surface area contributed by atoms with Gasteiger partial charge in [0.1, 0.15) is 17.4 Å². The fourth-order valence-electron chi connectivity index (χ4n) is 3.13. The number of benzene rings is 2. The van der Waals surface area contributed by atoms with Gasteiger partial charge in [-0.1, -0.05) is 23.7 Å². The summed E-state index contributed by atoms with van der Waals surface area (Å²) >= 11 is 6.39. The maximum absolute atomic E-state index is 13.9. The van der Waals surface area contributed by atoms with Gasteiger partial charge in [-0.05, 0) is 31.2 Å². The van der Waals surface area contributed by atoms with Crippen LogP contribution in [0, 0.1) is 18.6 Å². The number of nitrogens with two attached hydrogens (primary N) is 1. The van der Waals surface area contributed by atoms with E-state index in [1.165, 1.54) is 29.2 Å². The van der Waals surface area contributed by atoms with Gasteiger partial charge in [-0.25, -0.2) is 23.4 Å². The average Bonchev–Trinajstić information content (AvgIpc) is 3.07. The highest BCUT2D eigenvalue weighted by Gasteiger charge is 2.23. The molecule has 8 nitrogen and oxygen atoms in total. The molecule has 0 bridgehead atoms. The van der Waals surface area contributed by atoms with Crippen LogP contribution in [0.3, 0.4) is 0 Å². The summed E-state index contributed by atoms with van der Waals surface area (Å²) in [6, 6.07) is 7.72. The van der Waals surface area contributed by atoms with Crippen LogP contribution in [0.2, 0.25) is 5.02 Å². The number of nitrogens with one attached hydrogen (secondary N) is 1. The molecular weight excluding hydrogens is 430 g/mol. The van der Waals surface area contributed by atoms with Gasteiger partial charge in [-0.3, -0.25) is 4.79 Å². The molecule has 4 rings (SSSR count). The van der Waals surface area contributed by atoms with Crippen molar-refractivity contribution >= 4 is 40.0 Å². The maximum Gasteiger partial charge on any atom is 0.257 e. The molecule has 0 radical (unpaired) electrons. The molecule has 11 heteroatoms. The first-order valence-corrected chi connectivity index (χ1v) is 9.34. The number of amides is 1. The van der Waals surface area contributed by atoms with E-state index in [1.54, 1.807) is 13.0 Å². The van der Waals surface area contributed by atoms with Crippen LogP contribution < -0.4 is 11.1 Å². The lowest BCUT2D eigenvalue weighted by molar-refractivity contribution is -0.124. The summed E-state index contributed by atoms with van der Waals surface area (Å²) < 4.78 is 28.7. The molecule has 0 saturated heterocycles. The SMILES string of the molecule is Cc1nn(-c2ccc(NC(=O)C(O)c3cccc(F)c3F)cc2Cl)c2c(N)ncnc12. The van der Waals surface area contributed by atoms with Crippen LogP contribution in [0.5, 0.6) is 0 Å². The number of hydrogen-bond donors (Lipinski definition) is 3. The van der Waals surface area contributed by atoms with E-state index in [4.69, 9.17) is 17.3 Å². The number of nitrogen functional groups attached to an aromatic ring is 1. The Kier molecular flexibility index (Phi) is 5.25. The standard InChI is InChI=1S/C20H15ClF2N6O2/c1-9-16-17(19(24)26-8-25-16)29(28-9)14-6-5-10(7-12(14)21)27-20(31)18(30)11-3-2-4-13(22)15(11)23/h2-8,18,30H,1H3,(H,27,31)(H2,24,25,26). The third kappa shape index (κ3) is 3.66. The number of anilines is 2. The summed E-state index contributed by atoms with van der Waals surface area (Å²) in [6.07, 6.45) is -0.576. The summed E-state index contributed by atoms with van der Waals surface area (Å²) in [7, 11) is 0. The van der Waals surface area contributed by atoms with Crippen molar-refractivity contribution in [2.45, 2.75) is 13.0 Å². The highest BCUT2D eigenvalue weighted by Crippen LogP contribution is 2.30. The van der Waals surface area contributed by atoms with Crippen LogP contribution in [-0.4, -0.2) is 30.8 Å². The number of aliphatic hydroxyl groups excluding tert-OH is 1. The summed E-state index contributed by atoms with van der Waals surface area (Å²) in [5.41, 5.74) is 7.85. The zero-order valence-electron chi connectivity index (χ0n) is 16.0. The first kappa shape index (κ1) is 20.6. The van der Waals surface area contributed by atoms with Crippen molar-refractivity contribution in [1.82, 2.24) is 19.7 Å². The number of halogens is 3. The van der Waals surface area contributed by atoms with Crippen molar-refractivity contribution in [2.75, 3.05) is 11.1 Å². The summed E-state index contributed by atoms with van der Waals surface area (Å²) in [5, 5.41) is 17.1. The van der Waals surface area contributed by atoms with E-state index in [9.17, 15) is 18.7 Å². The Morgan fingerprint density at radius 3 is 2.77 bits per heavy atom. The van der Waals surface area contributed by atoms with Gasteiger partial charge in [0, 0.05) is 11.3 Å². The smallest absolute Gasteiger partial charge is 0.257 e. The van der Waals surface area contributed by atoms with E-state index in [0.717, 1.165) is 12.1 Å². The predicted molar refractivity (Wildman–Crippen MR) is 111 cm³/mol. The van der Waals surface area contributed by atoms with Gasteiger partial charge in [-0.2, -0.15) is 5.10 Å². The van der Waals surface area contributed by atoms with E-state index < -0.39 is 29.2 Å². The summed E-state index contributed by atoms with van der Waals surface area (Å²) in [4.78, 5) is 20.5. The molecule has 1 amide bonds. The number of carbonyl (C=O) groups is 1. The van der Waals surface area contributed by atoms with Gasteiger partial charge in [-0.15, -0.1) is 0 Å². The number of carbonyl (C=O) groups excluding carboxylic acids is 1. The van der Waals surface area contributed by atoms with Gasteiger partial charge in [0.25, 0.3) is 5.91 Å². The molecule has 1 atom stereocenters. The summed E-state index contributed by atoms with van der Waals surface area (Å²) in [6.45, 7) is 1.76. The second-order valence-electron chi connectivity index (χ2n) is 6.65. The lowest BCUT2D eigenvalue weighted by Crippen LogP contribution is -2.22. The second-order valence-corrected chi connectivity index (χ2v) is 7.06. The lowest BCUT2D eigenvalue weighted by atomic mass is 10.1. The van der Waals surface area contributed by atoms with Crippen LogP contribution in [-0.2, 0) is 4.79 Å². The van der Waals surface area contributed by atoms with E-state index >= 15 is 0 Å². The molecule has 0 fully saturated rings. The minimum absolute atomic E-state index is 0.205. The Morgan fingerprint density at radius 1 is 1.26 bits per heavy atom. The molecule has 2 aromatic heterocycles.